The summed E-state index contributed by atoms with van der Waals surface area (Å²) in [7, 11) is 2.96. The third kappa shape index (κ3) is 2.05. The van der Waals surface area contributed by atoms with E-state index in [1.807, 2.05) is 13.0 Å². The van der Waals surface area contributed by atoms with Gasteiger partial charge in [0.2, 0.25) is 0 Å². The zero-order chi connectivity index (χ0) is 10.6. The van der Waals surface area contributed by atoms with Gasteiger partial charge in [-0.2, -0.15) is 0 Å². The van der Waals surface area contributed by atoms with Crippen LogP contribution in [0.2, 0.25) is 0 Å². The lowest BCUT2D eigenvalue weighted by atomic mass is 10.0. The summed E-state index contributed by atoms with van der Waals surface area (Å²) >= 11 is 0. The van der Waals surface area contributed by atoms with Gasteiger partial charge in [0.1, 0.15) is 0 Å². The average molecular weight is 194 g/mol. The highest BCUT2D eigenvalue weighted by molar-refractivity contribution is 6.07. The Balaban J connectivity index is 3.03. The Kier molecular flexibility index (Phi) is 3.51. The lowest BCUT2D eigenvalue weighted by Crippen LogP contribution is -2.13. The second-order valence-corrected chi connectivity index (χ2v) is 2.87. The quantitative estimate of drug-likeness (QED) is 0.689. The maximum absolute atomic E-state index is 11.5. The predicted molar refractivity (Wildman–Crippen MR) is 53.6 cm³/mol. The first-order valence-corrected chi connectivity index (χ1v) is 4.49. The minimum Gasteiger partial charge on any atom is -0.492 e. The van der Waals surface area contributed by atoms with Gasteiger partial charge in [-0.05, 0) is 24.1 Å². The number of rotatable bonds is 3. The Bertz CT molecular complexity index is 295. The fourth-order valence-electron chi connectivity index (χ4n) is 1.25. The van der Waals surface area contributed by atoms with Crippen LogP contribution in [0.25, 0.3) is 0 Å². The molecule has 0 fully saturated rings. The molecule has 1 aliphatic carbocycles. The Morgan fingerprint density at radius 3 is 2.07 bits per heavy atom. The van der Waals surface area contributed by atoms with Gasteiger partial charge in [0.25, 0.3) is 5.78 Å². The van der Waals surface area contributed by atoms with E-state index in [0.29, 0.717) is 11.5 Å². The summed E-state index contributed by atoms with van der Waals surface area (Å²) < 4.78 is 9.92. The number of ketones is 1. The smallest absolute Gasteiger partial charge is 0.261 e. The fraction of sp³-hybridized carbons (Fsp3) is 0.364. The summed E-state index contributed by atoms with van der Waals surface area (Å²) in [4.78, 5) is 11.5. The van der Waals surface area contributed by atoms with E-state index in [1.165, 1.54) is 14.2 Å². The molecule has 0 N–H and O–H groups in total. The van der Waals surface area contributed by atoms with E-state index >= 15 is 0 Å². The molecule has 0 aliphatic heterocycles. The summed E-state index contributed by atoms with van der Waals surface area (Å²) in [5, 5.41) is 0. The third-order valence-corrected chi connectivity index (χ3v) is 1.92. The van der Waals surface area contributed by atoms with Crippen molar-refractivity contribution in [3.8, 4) is 0 Å². The second-order valence-electron chi connectivity index (χ2n) is 2.87. The van der Waals surface area contributed by atoms with Crippen LogP contribution in [-0.4, -0.2) is 20.0 Å². The number of Topliss-reactive ketones (excluding diaryl/α,β-unsaturated/α-hetero) is 1. The van der Waals surface area contributed by atoms with E-state index in [0.717, 1.165) is 12.0 Å². The van der Waals surface area contributed by atoms with Crippen LogP contribution in [0.5, 0.6) is 0 Å². The van der Waals surface area contributed by atoms with Crippen molar-refractivity contribution in [1.29, 1.82) is 0 Å². The van der Waals surface area contributed by atoms with Crippen LogP contribution >= 0.6 is 0 Å². The monoisotopic (exact) mass is 194 g/mol. The van der Waals surface area contributed by atoms with Gasteiger partial charge >= 0.3 is 0 Å². The van der Waals surface area contributed by atoms with Crippen LogP contribution in [0.3, 0.4) is 0 Å². The number of ether oxygens (including phenoxy) is 2. The summed E-state index contributed by atoms with van der Waals surface area (Å²) in [5.41, 5.74) is 0.945. The molecule has 0 aromatic rings. The van der Waals surface area contributed by atoms with Crippen LogP contribution in [0.4, 0.5) is 0 Å². The van der Waals surface area contributed by atoms with Gasteiger partial charge in [0.15, 0.2) is 11.5 Å². The van der Waals surface area contributed by atoms with Crippen LogP contribution in [0.1, 0.15) is 13.3 Å². The number of carbonyl (C=O) groups is 1. The van der Waals surface area contributed by atoms with E-state index in [9.17, 15) is 4.79 Å². The van der Waals surface area contributed by atoms with Crippen molar-refractivity contribution in [2.45, 2.75) is 13.3 Å². The topological polar surface area (TPSA) is 35.5 Å². The number of hydrogen-bond donors (Lipinski definition) is 0. The van der Waals surface area contributed by atoms with Crippen molar-refractivity contribution < 1.29 is 14.3 Å². The van der Waals surface area contributed by atoms with Gasteiger partial charge in [-0.15, -0.1) is 0 Å². The first-order valence-electron chi connectivity index (χ1n) is 4.49. The molecule has 3 nitrogen and oxygen atoms in total. The Morgan fingerprint density at radius 2 is 1.71 bits per heavy atom. The molecule has 0 bridgehead atoms. The van der Waals surface area contributed by atoms with Crippen molar-refractivity contribution in [3.05, 3.63) is 35.3 Å². The second kappa shape index (κ2) is 4.65. The van der Waals surface area contributed by atoms with Gasteiger partial charge in [-0.3, -0.25) is 4.79 Å². The van der Waals surface area contributed by atoms with Crippen molar-refractivity contribution in [1.82, 2.24) is 0 Å². The number of carbonyl (C=O) groups excluding carboxylic acids is 1. The molecule has 0 unspecified atom stereocenters. The summed E-state index contributed by atoms with van der Waals surface area (Å²) in [6, 6.07) is 0. The van der Waals surface area contributed by atoms with Crippen molar-refractivity contribution in [3.63, 3.8) is 0 Å². The molecule has 3 heteroatoms. The molecule has 0 atom stereocenters. The van der Waals surface area contributed by atoms with Gasteiger partial charge in [-0.1, -0.05) is 13.0 Å². The summed E-state index contributed by atoms with van der Waals surface area (Å²) in [5.74, 6) is 0.441. The predicted octanol–water partition coefficient (Wildman–Crippen LogP) is 1.97. The average Bonchev–Trinajstić information content (AvgIpc) is 2.20. The molecule has 0 saturated carbocycles. The maximum Gasteiger partial charge on any atom is 0.261 e. The molecule has 0 heterocycles. The first kappa shape index (κ1) is 10.6. The van der Waals surface area contributed by atoms with Crippen LogP contribution in [0.15, 0.2) is 35.3 Å². The van der Waals surface area contributed by atoms with E-state index in [-0.39, 0.29) is 5.78 Å². The van der Waals surface area contributed by atoms with Crippen molar-refractivity contribution in [2.24, 2.45) is 0 Å². The lowest BCUT2D eigenvalue weighted by Gasteiger charge is -2.13. The Morgan fingerprint density at radius 1 is 1.21 bits per heavy atom. The summed E-state index contributed by atoms with van der Waals surface area (Å²) in [6.45, 7) is 2.03. The SMILES string of the molecule is CCC=C1C=C(OC)C(=O)C(OC)=C1. The zero-order valence-electron chi connectivity index (χ0n) is 8.66. The van der Waals surface area contributed by atoms with Crippen LogP contribution < -0.4 is 0 Å². The summed E-state index contributed by atoms with van der Waals surface area (Å²) in [6.07, 6.45) is 6.34. The minimum atomic E-state index is -0.205. The van der Waals surface area contributed by atoms with E-state index in [1.54, 1.807) is 12.2 Å². The Labute approximate surface area is 83.7 Å². The van der Waals surface area contributed by atoms with Crippen LogP contribution in [0, 0.1) is 0 Å². The largest absolute Gasteiger partial charge is 0.492 e. The van der Waals surface area contributed by atoms with Gasteiger partial charge in [0.05, 0.1) is 14.2 Å². The molecule has 0 aromatic heterocycles. The first-order chi connectivity index (χ1) is 6.72. The lowest BCUT2D eigenvalue weighted by molar-refractivity contribution is -0.117. The molecule has 14 heavy (non-hydrogen) atoms. The van der Waals surface area contributed by atoms with E-state index in [4.69, 9.17) is 9.47 Å². The Hall–Kier alpha value is -1.51. The highest BCUT2D eigenvalue weighted by atomic mass is 16.5. The molecule has 1 aliphatic rings. The van der Waals surface area contributed by atoms with Crippen LogP contribution in [-0.2, 0) is 14.3 Å². The zero-order valence-corrected chi connectivity index (χ0v) is 8.66. The molecule has 0 aromatic carbocycles. The molecule has 0 amide bonds. The molecule has 0 saturated heterocycles. The standard InChI is InChI=1S/C11H14O3/c1-4-5-8-6-9(13-2)11(12)10(7-8)14-3/h5-7H,4H2,1-3H3. The molecular weight excluding hydrogens is 180 g/mol. The molecular formula is C11H14O3. The van der Waals surface area contributed by atoms with Gasteiger partial charge in [0, 0.05) is 0 Å². The van der Waals surface area contributed by atoms with E-state index < -0.39 is 0 Å². The fourth-order valence-corrected chi connectivity index (χ4v) is 1.25. The van der Waals surface area contributed by atoms with E-state index in [2.05, 4.69) is 0 Å². The minimum absolute atomic E-state index is 0.205. The van der Waals surface area contributed by atoms with Crippen molar-refractivity contribution in [2.75, 3.05) is 14.2 Å². The molecule has 0 radical (unpaired) electrons. The normalized spacial score (nSPS) is 15.9. The number of hydrogen-bond acceptors (Lipinski definition) is 3. The molecule has 1 rings (SSSR count). The highest BCUT2D eigenvalue weighted by Gasteiger charge is 2.21. The maximum atomic E-state index is 11.5. The highest BCUT2D eigenvalue weighted by Crippen LogP contribution is 2.19. The van der Waals surface area contributed by atoms with Gasteiger partial charge in [-0.25, -0.2) is 0 Å². The number of allylic oxidation sites excluding steroid dienone is 4. The molecule has 0 spiro atoms. The molecule has 76 valence electrons. The third-order valence-electron chi connectivity index (χ3n) is 1.92. The number of methoxy groups -OCH3 is 2. The van der Waals surface area contributed by atoms with Gasteiger partial charge < -0.3 is 9.47 Å². The van der Waals surface area contributed by atoms with Crippen molar-refractivity contribution >= 4 is 5.78 Å².